The fraction of sp³-hybridized carbons (Fsp3) is 0.167. The highest BCUT2D eigenvalue weighted by Crippen LogP contribution is 2.15. The standard InChI is InChI=1S/C12H12FN3O/c1-8-5-6-16(12(17)15-8)7-9-3-2-4-10(14)11(9)13/h2-6H,7,14H2,1H3. The molecule has 2 rings (SSSR count). The van der Waals surface area contributed by atoms with Gasteiger partial charge in [-0.05, 0) is 19.1 Å². The zero-order chi connectivity index (χ0) is 12.4. The van der Waals surface area contributed by atoms with Gasteiger partial charge in [0.1, 0.15) is 0 Å². The molecule has 0 amide bonds. The number of aromatic nitrogens is 2. The van der Waals surface area contributed by atoms with Crippen LogP contribution in [0.4, 0.5) is 10.1 Å². The molecule has 0 spiro atoms. The van der Waals surface area contributed by atoms with Crippen molar-refractivity contribution in [2.45, 2.75) is 13.5 Å². The minimum Gasteiger partial charge on any atom is -0.396 e. The molecule has 0 bridgehead atoms. The second kappa shape index (κ2) is 4.37. The molecule has 0 atom stereocenters. The van der Waals surface area contributed by atoms with Crippen molar-refractivity contribution in [3.8, 4) is 0 Å². The molecule has 0 aliphatic carbocycles. The maximum Gasteiger partial charge on any atom is 0.348 e. The van der Waals surface area contributed by atoms with Crippen molar-refractivity contribution >= 4 is 5.69 Å². The van der Waals surface area contributed by atoms with Crippen molar-refractivity contribution in [1.82, 2.24) is 9.55 Å². The zero-order valence-corrected chi connectivity index (χ0v) is 9.35. The third kappa shape index (κ3) is 2.33. The van der Waals surface area contributed by atoms with Gasteiger partial charge in [-0.1, -0.05) is 12.1 Å². The van der Waals surface area contributed by atoms with E-state index < -0.39 is 11.5 Å². The topological polar surface area (TPSA) is 60.9 Å². The summed E-state index contributed by atoms with van der Waals surface area (Å²) < 4.78 is 15.0. The molecule has 17 heavy (non-hydrogen) atoms. The first-order valence-electron chi connectivity index (χ1n) is 5.15. The Kier molecular flexibility index (Phi) is 2.91. The maximum atomic E-state index is 13.6. The average molecular weight is 233 g/mol. The summed E-state index contributed by atoms with van der Waals surface area (Å²) in [6.45, 7) is 1.86. The van der Waals surface area contributed by atoms with Crippen LogP contribution in [0.15, 0.2) is 35.3 Å². The lowest BCUT2D eigenvalue weighted by Crippen LogP contribution is -2.23. The number of nitrogens with two attached hydrogens (primary N) is 1. The van der Waals surface area contributed by atoms with Crippen LogP contribution in [0.3, 0.4) is 0 Å². The highest BCUT2D eigenvalue weighted by Gasteiger charge is 2.07. The van der Waals surface area contributed by atoms with Crippen LogP contribution in [-0.2, 0) is 6.54 Å². The van der Waals surface area contributed by atoms with Crippen molar-refractivity contribution in [2.24, 2.45) is 0 Å². The monoisotopic (exact) mass is 233 g/mol. The van der Waals surface area contributed by atoms with E-state index in [1.54, 1.807) is 31.3 Å². The summed E-state index contributed by atoms with van der Waals surface area (Å²) in [5.41, 5.74) is 6.15. The fourth-order valence-electron chi connectivity index (χ4n) is 1.54. The van der Waals surface area contributed by atoms with Crippen molar-refractivity contribution in [3.05, 3.63) is 58.0 Å². The van der Waals surface area contributed by atoms with Gasteiger partial charge in [0.05, 0.1) is 12.2 Å². The van der Waals surface area contributed by atoms with Gasteiger partial charge in [0.2, 0.25) is 0 Å². The smallest absolute Gasteiger partial charge is 0.348 e. The Morgan fingerprint density at radius 3 is 2.88 bits per heavy atom. The lowest BCUT2D eigenvalue weighted by molar-refractivity contribution is 0.597. The molecule has 2 N–H and O–H groups in total. The molecule has 1 heterocycles. The summed E-state index contributed by atoms with van der Waals surface area (Å²) in [6.07, 6.45) is 1.59. The quantitative estimate of drug-likeness (QED) is 0.796. The zero-order valence-electron chi connectivity index (χ0n) is 9.35. The van der Waals surface area contributed by atoms with Gasteiger partial charge in [-0.25, -0.2) is 9.18 Å². The summed E-state index contributed by atoms with van der Waals surface area (Å²) >= 11 is 0. The number of halogens is 1. The first kappa shape index (κ1) is 11.3. The predicted molar refractivity (Wildman–Crippen MR) is 63.1 cm³/mol. The van der Waals surface area contributed by atoms with Crippen LogP contribution < -0.4 is 11.4 Å². The van der Waals surface area contributed by atoms with Crippen molar-refractivity contribution in [3.63, 3.8) is 0 Å². The van der Waals surface area contributed by atoms with Crippen LogP contribution in [0.25, 0.3) is 0 Å². The number of benzene rings is 1. The van der Waals surface area contributed by atoms with Gasteiger partial charge < -0.3 is 5.73 Å². The number of aryl methyl sites for hydroxylation is 1. The number of nitrogens with zero attached hydrogens (tertiary/aromatic N) is 2. The molecule has 0 radical (unpaired) electrons. The third-order valence-electron chi connectivity index (χ3n) is 2.46. The van der Waals surface area contributed by atoms with E-state index in [1.807, 2.05) is 0 Å². The molecule has 1 aromatic heterocycles. The number of hydrogen-bond acceptors (Lipinski definition) is 3. The molecule has 5 heteroatoms. The first-order chi connectivity index (χ1) is 8.08. The summed E-state index contributed by atoms with van der Waals surface area (Å²) in [5, 5.41) is 0. The molecule has 4 nitrogen and oxygen atoms in total. The minimum absolute atomic E-state index is 0.0793. The fourth-order valence-corrected chi connectivity index (χ4v) is 1.54. The second-order valence-electron chi connectivity index (χ2n) is 3.80. The van der Waals surface area contributed by atoms with E-state index in [0.29, 0.717) is 11.3 Å². The van der Waals surface area contributed by atoms with E-state index in [-0.39, 0.29) is 12.2 Å². The van der Waals surface area contributed by atoms with Crippen molar-refractivity contribution in [2.75, 3.05) is 5.73 Å². The Balaban J connectivity index is 2.38. The van der Waals surface area contributed by atoms with Crippen LogP contribution in [0.2, 0.25) is 0 Å². The number of nitrogen functional groups attached to an aromatic ring is 1. The van der Waals surface area contributed by atoms with Crippen LogP contribution in [0.5, 0.6) is 0 Å². The van der Waals surface area contributed by atoms with E-state index in [9.17, 15) is 9.18 Å². The van der Waals surface area contributed by atoms with E-state index in [2.05, 4.69) is 4.98 Å². The molecule has 1 aromatic carbocycles. The van der Waals surface area contributed by atoms with Crippen LogP contribution in [0.1, 0.15) is 11.3 Å². The molecular formula is C12H12FN3O. The molecule has 0 saturated heterocycles. The molecule has 0 fully saturated rings. The van der Waals surface area contributed by atoms with Gasteiger partial charge in [-0.2, -0.15) is 4.98 Å². The Labute approximate surface area is 97.5 Å². The van der Waals surface area contributed by atoms with Crippen LogP contribution >= 0.6 is 0 Å². The van der Waals surface area contributed by atoms with Gasteiger partial charge in [0.15, 0.2) is 5.82 Å². The first-order valence-corrected chi connectivity index (χ1v) is 5.15. The summed E-state index contributed by atoms with van der Waals surface area (Å²) in [6, 6.07) is 6.43. The van der Waals surface area contributed by atoms with Gasteiger partial charge in [-0.15, -0.1) is 0 Å². The second-order valence-corrected chi connectivity index (χ2v) is 3.80. The van der Waals surface area contributed by atoms with Crippen LogP contribution in [0, 0.1) is 12.7 Å². The molecular weight excluding hydrogens is 221 g/mol. The summed E-state index contributed by atoms with van der Waals surface area (Å²) in [4.78, 5) is 15.3. The molecule has 0 aliphatic rings. The van der Waals surface area contributed by atoms with Crippen LogP contribution in [-0.4, -0.2) is 9.55 Å². The Hall–Kier alpha value is -2.17. The van der Waals surface area contributed by atoms with Gasteiger partial charge >= 0.3 is 5.69 Å². The SMILES string of the molecule is Cc1ccn(Cc2cccc(N)c2F)c(=O)n1. The third-order valence-corrected chi connectivity index (χ3v) is 2.46. The Morgan fingerprint density at radius 2 is 2.18 bits per heavy atom. The van der Waals surface area contributed by atoms with Crippen molar-refractivity contribution < 1.29 is 4.39 Å². The number of rotatable bonds is 2. The highest BCUT2D eigenvalue weighted by molar-refractivity contribution is 5.42. The van der Waals surface area contributed by atoms with Gasteiger partial charge in [-0.3, -0.25) is 4.57 Å². The summed E-state index contributed by atoms with van der Waals surface area (Å²) in [5.74, 6) is -0.486. The lowest BCUT2D eigenvalue weighted by atomic mass is 10.2. The molecule has 88 valence electrons. The lowest BCUT2D eigenvalue weighted by Gasteiger charge is -2.07. The van der Waals surface area contributed by atoms with E-state index in [0.717, 1.165) is 0 Å². The van der Waals surface area contributed by atoms with E-state index in [1.165, 1.54) is 10.6 Å². The predicted octanol–water partition coefficient (Wildman–Crippen LogP) is 1.32. The van der Waals surface area contributed by atoms with E-state index in [4.69, 9.17) is 5.73 Å². The molecule has 2 aromatic rings. The summed E-state index contributed by atoms with van der Waals surface area (Å²) in [7, 11) is 0. The minimum atomic E-state index is -0.486. The molecule has 0 aliphatic heterocycles. The normalized spacial score (nSPS) is 10.5. The van der Waals surface area contributed by atoms with E-state index >= 15 is 0 Å². The number of anilines is 1. The maximum absolute atomic E-state index is 13.6. The average Bonchev–Trinajstić information content (AvgIpc) is 2.28. The van der Waals surface area contributed by atoms with Gasteiger partial charge in [0, 0.05) is 17.5 Å². The molecule has 0 saturated carbocycles. The number of hydrogen-bond donors (Lipinski definition) is 1. The highest BCUT2D eigenvalue weighted by atomic mass is 19.1. The molecule has 0 unspecified atom stereocenters. The Morgan fingerprint density at radius 1 is 1.41 bits per heavy atom. The largest absolute Gasteiger partial charge is 0.396 e. The Bertz CT molecular complexity index is 607. The van der Waals surface area contributed by atoms with Crippen molar-refractivity contribution in [1.29, 1.82) is 0 Å². The van der Waals surface area contributed by atoms with Gasteiger partial charge in [0.25, 0.3) is 0 Å².